The minimum Gasteiger partial charge on any atom is -0.371 e. The number of carbonyl (C=O) groups excluding carboxylic acids is 1. The number of hydrogen-bond donors (Lipinski definition) is 4. The Morgan fingerprint density at radius 1 is 1.19 bits per heavy atom. The normalized spacial score (nSPS) is 20.1. The Balaban J connectivity index is 1.33. The fraction of sp³-hybridized carbons (Fsp3) is 0.318. The summed E-state index contributed by atoms with van der Waals surface area (Å²) in [4.78, 5) is 15.7. The summed E-state index contributed by atoms with van der Waals surface area (Å²) in [6.45, 7) is 0. The number of carbonyl (C=O) groups is 1. The summed E-state index contributed by atoms with van der Waals surface area (Å²) in [6, 6.07) is 10.9. The molecule has 9 heteroatoms. The number of fused-ring (bicyclic) bond motifs is 2. The zero-order valence-corrected chi connectivity index (χ0v) is 16.5. The van der Waals surface area contributed by atoms with Gasteiger partial charge in [-0.2, -0.15) is 0 Å². The van der Waals surface area contributed by atoms with Gasteiger partial charge in [-0.25, -0.2) is 8.78 Å². The third-order valence-electron chi connectivity index (χ3n) is 6.02. The number of amides is 1. The lowest BCUT2D eigenvalue weighted by atomic mass is 9.89. The van der Waals surface area contributed by atoms with Crippen LogP contribution in [0.5, 0.6) is 0 Å². The Bertz CT molecular complexity index is 1130. The van der Waals surface area contributed by atoms with Gasteiger partial charge >= 0.3 is 0 Å². The highest BCUT2D eigenvalue weighted by Crippen LogP contribution is 2.55. The largest absolute Gasteiger partial charge is 0.371 e. The van der Waals surface area contributed by atoms with E-state index < -0.39 is 35.2 Å². The molecular weight excluding hydrogens is 404 g/mol. The van der Waals surface area contributed by atoms with Crippen LogP contribution in [0.15, 0.2) is 42.5 Å². The lowest BCUT2D eigenvalue weighted by Gasteiger charge is -2.21. The van der Waals surface area contributed by atoms with E-state index in [1.807, 2.05) is 30.3 Å². The summed E-state index contributed by atoms with van der Waals surface area (Å²) < 4.78 is 28.2. The van der Waals surface area contributed by atoms with Crippen molar-refractivity contribution in [1.82, 2.24) is 20.5 Å². The first-order valence-electron chi connectivity index (χ1n) is 10.1. The zero-order valence-electron chi connectivity index (χ0n) is 16.5. The maximum Gasteiger partial charge on any atom is 0.241 e. The maximum absolute atomic E-state index is 14.3. The summed E-state index contributed by atoms with van der Waals surface area (Å²) in [5.74, 6) is -1.19. The summed E-state index contributed by atoms with van der Waals surface area (Å²) in [6.07, 6.45) is 1.00. The maximum atomic E-state index is 14.3. The van der Waals surface area contributed by atoms with Crippen LogP contribution in [0, 0.1) is 11.6 Å². The number of aromatic amines is 1. The molecule has 0 bridgehead atoms. The molecule has 160 valence electrons. The second kappa shape index (κ2) is 7.51. The quantitative estimate of drug-likeness (QED) is 0.471. The van der Waals surface area contributed by atoms with E-state index in [1.54, 1.807) is 0 Å². The monoisotopic (exact) mass is 425 g/mol. The number of H-pyrrole nitrogens is 1. The fourth-order valence-corrected chi connectivity index (χ4v) is 4.25. The van der Waals surface area contributed by atoms with Crippen molar-refractivity contribution < 1.29 is 18.7 Å². The molecule has 1 unspecified atom stereocenters. The Kier molecular flexibility index (Phi) is 4.79. The number of nitrogens with one attached hydrogen (secondary N) is 3. The number of nitrogens with zero attached hydrogens (tertiary/aromatic N) is 2. The molecule has 0 saturated heterocycles. The number of halogens is 2. The van der Waals surface area contributed by atoms with Gasteiger partial charge in [-0.3, -0.25) is 10.1 Å². The number of anilines is 1. The van der Waals surface area contributed by atoms with Gasteiger partial charge in [0, 0.05) is 12.5 Å². The highest BCUT2D eigenvalue weighted by Gasteiger charge is 2.51. The molecule has 1 spiro atoms. The molecule has 7 nitrogen and oxygen atoms in total. The van der Waals surface area contributed by atoms with Gasteiger partial charge in [-0.15, -0.1) is 10.2 Å². The number of hydrogen-bond acceptors (Lipinski definition) is 5. The highest BCUT2D eigenvalue weighted by atomic mass is 19.1. The Hall–Kier alpha value is -3.17. The molecule has 4 N–H and O–H groups in total. The van der Waals surface area contributed by atoms with E-state index in [1.165, 1.54) is 6.07 Å². The molecule has 1 aliphatic heterocycles. The molecule has 3 aromatic rings. The van der Waals surface area contributed by atoms with Crippen LogP contribution in [0.2, 0.25) is 0 Å². The molecule has 5 rings (SSSR count). The van der Waals surface area contributed by atoms with Crippen LogP contribution in [-0.4, -0.2) is 32.2 Å². The first kappa shape index (κ1) is 19.8. The smallest absolute Gasteiger partial charge is 0.241 e. The molecule has 1 aromatic heterocycles. The van der Waals surface area contributed by atoms with Gasteiger partial charge in [-0.05, 0) is 41.9 Å². The number of rotatable bonds is 5. The van der Waals surface area contributed by atoms with Crippen molar-refractivity contribution in [2.75, 3.05) is 5.32 Å². The molecule has 31 heavy (non-hydrogen) atoms. The van der Waals surface area contributed by atoms with Gasteiger partial charge in [0.25, 0.3) is 0 Å². The number of aromatic nitrogens is 3. The lowest BCUT2D eigenvalue weighted by Crippen LogP contribution is -2.43. The summed E-state index contributed by atoms with van der Waals surface area (Å²) in [5, 5.41) is 24.1. The van der Waals surface area contributed by atoms with Gasteiger partial charge in [0.05, 0.1) is 11.7 Å². The SMILES string of the molecule is O=C1Nc2c(F)cc(F)cc2C2(CC2)C[C@H]1NC(O)c1nnc(Cc2ccccc2)[nH]1. The van der Waals surface area contributed by atoms with Crippen molar-refractivity contribution in [1.29, 1.82) is 0 Å². The lowest BCUT2D eigenvalue weighted by molar-refractivity contribution is -0.119. The van der Waals surface area contributed by atoms with Gasteiger partial charge in [-0.1, -0.05) is 30.3 Å². The van der Waals surface area contributed by atoms with Crippen LogP contribution in [0.3, 0.4) is 0 Å². The van der Waals surface area contributed by atoms with E-state index in [0.29, 0.717) is 24.2 Å². The third kappa shape index (κ3) is 3.82. The van der Waals surface area contributed by atoms with E-state index in [4.69, 9.17) is 0 Å². The van der Waals surface area contributed by atoms with Crippen LogP contribution >= 0.6 is 0 Å². The molecule has 1 aliphatic carbocycles. The molecule has 2 aliphatic rings. The number of aliphatic hydroxyl groups excluding tert-OH is 1. The number of benzene rings is 2. The Labute approximate surface area is 176 Å². The number of aliphatic hydroxyl groups is 1. The average molecular weight is 425 g/mol. The molecule has 2 heterocycles. The van der Waals surface area contributed by atoms with Gasteiger partial charge in [0.15, 0.2) is 12.1 Å². The van der Waals surface area contributed by atoms with Crippen LogP contribution in [-0.2, 0) is 16.6 Å². The second-order valence-corrected chi connectivity index (χ2v) is 8.22. The molecule has 2 aromatic carbocycles. The minimum absolute atomic E-state index is 0.0208. The van der Waals surface area contributed by atoms with Crippen LogP contribution < -0.4 is 10.6 Å². The van der Waals surface area contributed by atoms with Crippen molar-refractivity contribution in [2.45, 2.75) is 43.4 Å². The average Bonchev–Trinajstić information content (AvgIpc) is 3.40. The molecule has 0 radical (unpaired) electrons. The predicted octanol–water partition coefficient (Wildman–Crippen LogP) is 2.70. The van der Waals surface area contributed by atoms with Crippen molar-refractivity contribution in [2.24, 2.45) is 0 Å². The van der Waals surface area contributed by atoms with E-state index in [2.05, 4.69) is 25.8 Å². The van der Waals surface area contributed by atoms with E-state index in [0.717, 1.165) is 24.5 Å². The third-order valence-corrected chi connectivity index (χ3v) is 6.02. The topological polar surface area (TPSA) is 103 Å². The van der Waals surface area contributed by atoms with Crippen molar-refractivity contribution in [3.05, 3.63) is 76.9 Å². The van der Waals surface area contributed by atoms with Gasteiger partial charge < -0.3 is 15.4 Å². The summed E-state index contributed by atoms with van der Waals surface area (Å²) in [5.41, 5.74) is 1.04. The van der Waals surface area contributed by atoms with E-state index in [-0.39, 0.29) is 11.5 Å². The van der Waals surface area contributed by atoms with Crippen LogP contribution in [0.25, 0.3) is 0 Å². The summed E-state index contributed by atoms with van der Waals surface area (Å²) in [7, 11) is 0. The fourth-order valence-electron chi connectivity index (χ4n) is 4.25. The second-order valence-electron chi connectivity index (χ2n) is 8.22. The molecule has 2 atom stereocenters. The minimum atomic E-state index is -1.27. The van der Waals surface area contributed by atoms with Gasteiger partial charge in [0.1, 0.15) is 17.5 Å². The predicted molar refractivity (Wildman–Crippen MR) is 108 cm³/mol. The molecular formula is C22H21F2N5O2. The zero-order chi connectivity index (χ0) is 21.6. The van der Waals surface area contributed by atoms with Crippen molar-refractivity contribution >= 4 is 11.6 Å². The highest BCUT2D eigenvalue weighted by molar-refractivity contribution is 5.97. The van der Waals surface area contributed by atoms with E-state index in [9.17, 15) is 18.7 Å². The van der Waals surface area contributed by atoms with Gasteiger partial charge in [0.2, 0.25) is 5.91 Å². The van der Waals surface area contributed by atoms with Crippen molar-refractivity contribution in [3.8, 4) is 0 Å². The van der Waals surface area contributed by atoms with Crippen LogP contribution in [0.1, 0.15) is 48.3 Å². The first-order chi connectivity index (χ1) is 14.9. The van der Waals surface area contributed by atoms with Crippen LogP contribution in [0.4, 0.5) is 14.5 Å². The van der Waals surface area contributed by atoms with Crippen molar-refractivity contribution in [3.63, 3.8) is 0 Å². The first-order valence-corrected chi connectivity index (χ1v) is 10.1. The molecule has 1 saturated carbocycles. The summed E-state index contributed by atoms with van der Waals surface area (Å²) >= 11 is 0. The Morgan fingerprint density at radius 2 is 1.97 bits per heavy atom. The Morgan fingerprint density at radius 3 is 2.71 bits per heavy atom. The molecule has 1 amide bonds. The van der Waals surface area contributed by atoms with E-state index >= 15 is 0 Å². The molecule has 1 fully saturated rings. The standard InChI is InChI=1S/C22H21F2N5O2/c23-13-9-14-18(15(24)10-13)27-20(30)16(11-22(14)6-7-22)25-21(31)19-26-17(28-29-19)8-12-4-2-1-3-5-12/h1-5,9-10,16,21,25,31H,6-8,11H2,(H,27,30)(H,26,28,29)/t16-,21?/m1/s1.